The summed E-state index contributed by atoms with van der Waals surface area (Å²) in [5.74, 6) is 0. The fourth-order valence-electron chi connectivity index (χ4n) is 1.85. The maximum Gasteiger partial charge on any atom is 0.0453 e. The van der Waals surface area contributed by atoms with E-state index in [0.717, 1.165) is 36.4 Å². The van der Waals surface area contributed by atoms with Gasteiger partial charge in [0.1, 0.15) is 0 Å². The van der Waals surface area contributed by atoms with Crippen LogP contribution in [0.2, 0.25) is 5.02 Å². The summed E-state index contributed by atoms with van der Waals surface area (Å²) < 4.78 is 0. The number of hydrogen-bond acceptors (Lipinski definition) is 2. The van der Waals surface area contributed by atoms with E-state index in [-0.39, 0.29) is 0 Å². The molecule has 2 nitrogen and oxygen atoms in total. The molecule has 1 aromatic carbocycles. The molecule has 0 heterocycles. The summed E-state index contributed by atoms with van der Waals surface area (Å²) in [6, 6.07) is 8.25. The molecule has 3 heteroatoms. The van der Waals surface area contributed by atoms with Crippen LogP contribution in [0.25, 0.3) is 0 Å². The molecule has 1 aromatic rings. The molecule has 1 atom stereocenters. The number of aliphatic hydroxyl groups excluding tert-OH is 1. The van der Waals surface area contributed by atoms with Gasteiger partial charge < -0.3 is 10.4 Å². The van der Waals surface area contributed by atoms with Crippen molar-refractivity contribution in [2.75, 3.05) is 13.2 Å². The van der Waals surface area contributed by atoms with Crippen molar-refractivity contribution in [1.29, 1.82) is 0 Å². The molecule has 0 aliphatic carbocycles. The SMILES string of the molecule is C[C@@H](NCCCCCCO)c1ccccc1Cl. The number of unbranched alkanes of at least 4 members (excludes halogenated alkanes) is 3. The first-order chi connectivity index (χ1) is 8.25. The van der Waals surface area contributed by atoms with Crippen molar-refractivity contribution in [3.63, 3.8) is 0 Å². The van der Waals surface area contributed by atoms with Crippen molar-refractivity contribution < 1.29 is 5.11 Å². The number of aliphatic hydroxyl groups is 1. The zero-order chi connectivity index (χ0) is 12.5. The lowest BCUT2D eigenvalue weighted by atomic mass is 10.1. The first kappa shape index (κ1) is 14.5. The molecular weight excluding hydrogens is 234 g/mol. The minimum absolute atomic E-state index is 0.293. The highest BCUT2D eigenvalue weighted by molar-refractivity contribution is 6.31. The summed E-state index contributed by atoms with van der Waals surface area (Å²) in [7, 11) is 0. The number of hydrogen-bond donors (Lipinski definition) is 2. The Morgan fingerprint density at radius 3 is 2.59 bits per heavy atom. The lowest BCUT2D eigenvalue weighted by Crippen LogP contribution is -2.20. The normalized spacial score (nSPS) is 12.6. The van der Waals surface area contributed by atoms with Gasteiger partial charge in [-0.25, -0.2) is 0 Å². The third kappa shape index (κ3) is 5.53. The van der Waals surface area contributed by atoms with Gasteiger partial charge in [-0.15, -0.1) is 0 Å². The molecule has 1 rings (SSSR count). The molecule has 0 spiro atoms. The molecule has 17 heavy (non-hydrogen) atoms. The minimum atomic E-state index is 0.293. The van der Waals surface area contributed by atoms with E-state index < -0.39 is 0 Å². The second kappa shape index (κ2) is 8.51. The average Bonchev–Trinajstić information content (AvgIpc) is 2.34. The number of nitrogens with one attached hydrogen (secondary N) is 1. The highest BCUT2D eigenvalue weighted by atomic mass is 35.5. The van der Waals surface area contributed by atoms with Gasteiger partial charge in [0, 0.05) is 17.7 Å². The summed E-state index contributed by atoms with van der Waals surface area (Å²) in [6.45, 7) is 3.44. The highest BCUT2D eigenvalue weighted by Crippen LogP contribution is 2.21. The van der Waals surface area contributed by atoms with Gasteiger partial charge in [0.2, 0.25) is 0 Å². The molecule has 0 amide bonds. The second-order valence-corrected chi connectivity index (χ2v) is 4.74. The Labute approximate surface area is 109 Å². The van der Waals surface area contributed by atoms with Gasteiger partial charge in [0.15, 0.2) is 0 Å². The van der Waals surface area contributed by atoms with Gasteiger partial charge in [-0.05, 0) is 37.9 Å². The quantitative estimate of drug-likeness (QED) is 0.697. The van der Waals surface area contributed by atoms with Gasteiger partial charge in [-0.2, -0.15) is 0 Å². The van der Waals surface area contributed by atoms with E-state index in [1.807, 2.05) is 18.2 Å². The second-order valence-electron chi connectivity index (χ2n) is 4.34. The van der Waals surface area contributed by atoms with Crippen LogP contribution in [0.4, 0.5) is 0 Å². The summed E-state index contributed by atoms with van der Waals surface area (Å²) in [5.41, 5.74) is 1.16. The van der Waals surface area contributed by atoms with Crippen LogP contribution in [0.3, 0.4) is 0 Å². The largest absolute Gasteiger partial charge is 0.396 e. The van der Waals surface area contributed by atoms with E-state index in [9.17, 15) is 0 Å². The lowest BCUT2D eigenvalue weighted by molar-refractivity contribution is 0.282. The fourth-order valence-corrected chi connectivity index (χ4v) is 2.14. The Morgan fingerprint density at radius 2 is 1.88 bits per heavy atom. The topological polar surface area (TPSA) is 32.3 Å². The van der Waals surface area contributed by atoms with Crippen LogP contribution in [-0.2, 0) is 0 Å². The van der Waals surface area contributed by atoms with E-state index >= 15 is 0 Å². The molecule has 0 aromatic heterocycles. The van der Waals surface area contributed by atoms with Crippen molar-refractivity contribution in [2.24, 2.45) is 0 Å². The Morgan fingerprint density at radius 1 is 1.18 bits per heavy atom. The van der Waals surface area contributed by atoms with Gasteiger partial charge in [0.05, 0.1) is 0 Å². The summed E-state index contributed by atoms with van der Waals surface area (Å²) in [6.07, 6.45) is 4.34. The smallest absolute Gasteiger partial charge is 0.0453 e. The molecule has 0 unspecified atom stereocenters. The maximum atomic E-state index is 8.66. The van der Waals surface area contributed by atoms with Crippen LogP contribution in [0, 0.1) is 0 Å². The Bertz CT molecular complexity index is 317. The van der Waals surface area contributed by atoms with Crippen molar-refractivity contribution in [3.8, 4) is 0 Å². The highest BCUT2D eigenvalue weighted by Gasteiger charge is 2.07. The van der Waals surface area contributed by atoms with Crippen LogP contribution >= 0.6 is 11.6 Å². The van der Waals surface area contributed by atoms with E-state index in [1.54, 1.807) is 0 Å². The predicted octanol–water partition coefficient (Wildman–Crippen LogP) is 3.54. The molecule has 0 aliphatic rings. The first-order valence-electron chi connectivity index (χ1n) is 6.34. The van der Waals surface area contributed by atoms with Gasteiger partial charge in [-0.1, -0.05) is 42.6 Å². The Balaban J connectivity index is 2.21. The summed E-state index contributed by atoms with van der Waals surface area (Å²) in [4.78, 5) is 0. The van der Waals surface area contributed by atoms with Crippen LogP contribution < -0.4 is 5.32 Å². The minimum Gasteiger partial charge on any atom is -0.396 e. The molecular formula is C14H22ClNO. The van der Waals surface area contributed by atoms with E-state index in [2.05, 4.69) is 18.3 Å². The lowest BCUT2D eigenvalue weighted by Gasteiger charge is -2.15. The monoisotopic (exact) mass is 255 g/mol. The van der Waals surface area contributed by atoms with Crippen LogP contribution in [-0.4, -0.2) is 18.3 Å². The number of rotatable bonds is 8. The van der Waals surface area contributed by atoms with Crippen LogP contribution in [0.5, 0.6) is 0 Å². The molecule has 0 fully saturated rings. The van der Waals surface area contributed by atoms with Crippen molar-refractivity contribution >= 4 is 11.6 Å². The van der Waals surface area contributed by atoms with Crippen molar-refractivity contribution in [3.05, 3.63) is 34.9 Å². The molecule has 96 valence electrons. The van der Waals surface area contributed by atoms with E-state index in [4.69, 9.17) is 16.7 Å². The molecule has 0 radical (unpaired) electrons. The van der Waals surface area contributed by atoms with Gasteiger partial charge in [-0.3, -0.25) is 0 Å². The molecule has 0 saturated heterocycles. The molecule has 0 saturated carbocycles. The summed E-state index contributed by atoms with van der Waals surface area (Å²) in [5, 5.41) is 13.0. The third-order valence-corrected chi connectivity index (χ3v) is 3.25. The first-order valence-corrected chi connectivity index (χ1v) is 6.72. The predicted molar refractivity (Wildman–Crippen MR) is 73.4 cm³/mol. The van der Waals surface area contributed by atoms with Gasteiger partial charge in [0.25, 0.3) is 0 Å². The van der Waals surface area contributed by atoms with Crippen molar-refractivity contribution in [1.82, 2.24) is 5.32 Å². The van der Waals surface area contributed by atoms with Crippen molar-refractivity contribution in [2.45, 2.75) is 38.6 Å². The zero-order valence-electron chi connectivity index (χ0n) is 10.5. The fraction of sp³-hybridized carbons (Fsp3) is 0.571. The maximum absolute atomic E-state index is 8.66. The van der Waals surface area contributed by atoms with Gasteiger partial charge >= 0.3 is 0 Å². The number of benzene rings is 1. The standard InChI is InChI=1S/C14H22ClNO/c1-12(13-8-4-5-9-14(13)15)16-10-6-2-3-7-11-17/h4-5,8-9,12,16-17H,2-3,6-7,10-11H2,1H3/t12-/m1/s1. The molecule has 0 bridgehead atoms. The van der Waals surface area contributed by atoms with Crippen LogP contribution in [0.15, 0.2) is 24.3 Å². The van der Waals surface area contributed by atoms with E-state index in [1.165, 1.54) is 6.42 Å². The molecule has 2 N–H and O–H groups in total. The zero-order valence-corrected chi connectivity index (χ0v) is 11.2. The number of halogens is 1. The molecule has 0 aliphatic heterocycles. The van der Waals surface area contributed by atoms with Crippen LogP contribution in [0.1, 0.15) is 44.2 Å². The summed E-state index contributed by atoms with van der Waals surface area (Å²) >= 11 is 6.13. The van der Waals surface area contributed by atoms with E-state index in [0.29, 0.717) is 12.6 Å². The average molecular weight is 256 g/mol. The Kier molecular flexibility index (Phi) is 7.25. The third-order valence-electron chi connectivity index (χ3n) is 2.91. The Hall–Kier alpha value is -0.570.